The SMILES string of the molecule is C=CCN1C(=O)NC(=O)/C(=C/c2cc(I)c(OCc3ccccc3Cl)c(OC)c2)C1=O. The molecule has 0 atom stereocenters. The fourth-order valence-corrected chi connectivity index (χ4v) is 3.86. The minimum atomic E-state index is -0.775. The van der Waals surface area contributed by atoms with Gasteiger partial charge in [-0.15, -0.1) is 6.58 Å². The molecule has 160 valence electrons. The zero-order valence-corrected chi connectivity index (χ0v) is 19.4. The fourth-order valence-electron chi connectivity index (χ4n) is 2.88. The quantitative estimate of drug-likeness (QED) is 0.241. The summed E-state index contributed by atoms with van der Waals surface area (Å²) in [5.74, 6) is -0.522. The first-order valence-corrected chi connectivity index (χ1v) is 10.5. The highest BCUT2D eigenvalue weighted by Gasteiger charge is 2.35. The Hall–Kier alpha value is -2.85. The second-order valence-corrected chi connectivity index (χ2v) is 8.01. The Bertz CT molecular complexity index is 1100. The molecule has 1 aliphatic rings. The van der Waals surface area contributed by atoms with Crippen molar-refractivity contribution in [2.24, 2.45) is 0 Å². The molecule has 0 saturated carbocycles. The third-order valence-corrected chi connectivity index (χ3v) is 5.56. The Labute approximate surface area is 197 Å². The fraction of sp³-hybridized carbons (Fsp3) is 0.136. The normalized spacial score (nSPS) is 15.1. The van der Waals surface area contributed by atoms with Gasteiger partial charge >= 0.3 is 6.03 Å². The van der Waals surface area contributed by atoms with Crippen LogP contribution in [-0.4, -0.2) is 36.4 Å². The van der Waals surface area contributed by atoms with E-state index < -0.39 is 17.8 Å². The monoisotopic (exact) mass is 552 g/mol. The lowest BCUT2D eigenvalue weighted by Gasteiger charge is -2.25. The molecule has 1 heterocycles. The summed E-state index contributed by atoms with van der Waals surface area (Å²) >= 11 is 8.27. The van der Waals surface area contributed by atoms with Crippen molar-refractivity contribution in [2.75, 3.05) is 13.7 Å². The molecule has 0 bridgehead atoms. The van der Waals surface area contributed by atoms with Gasteiger partial charge in [0.05, 0.1) is 10.7 Å². The summed E-state index contributed by atoms with van der Waals surface area (Å²) in [4.78, 5) is 37.6. The summed E-state index contributed by atoms with van der Waals surface area (Å²) < 4.78 is 12.1. The third-order valence-electron chi connectivity index (χ3n) is 4.39. The highest BCUT2D eigenvalue weighted by atomic mass is 127. The zero-order valence-electron chi connectivity index (χ0n) is 16.5. The zero-order chi connectivity index (χ0) is 22.5. The van der Waals surface area contributed by atoms with Crippen molar-refractivity contribution >= 4 is 58.1 Å². The molecule has 2 aromatic carbocycles. The van der Waals surface area contributed by atoms with Crippen LogP contribution in [0.25, 0.3) is 6.08 Å². The van der Waals surface area contributed by atoms with Crippen molar-refractivity contribution in [1.82, 2.24) is 10.2 Å². The van der Waals surface area contributed by atoms with E-state index in [9.17, 15) is 14.4 Å². The molecule has 9 heteroatoms. The van der Waals surface area contributed by atoms with Crippen LogP contribution in [0.2, 0.25) is 5.02 Å². The van der Waals surface area contributed by atoms with E-state index in [2.05, 4.69) is 34.5 Å². The average molecular weight is 553 g/mol. The van der Waals surface area contributed by atoms with Crippen molar-refractivity contribution < 1.29 is 23.9 Å². The van der Waals surface area contributed by atoms with Gasteiger partial charge in [0.2, 0.25) is 0 Å². The van der Waals surface area contributed by atoms with Crippen LogP contribution in [-0.2, 0) is 16.2 Å². The number of rotatable bonds is 7. The number of nitrogens with zero attached hydrogens (tertiary/aromatic N) is 1. The minimum Gasteiger partial charge on any atom is -0.493 e. The Morgan fingerprint density at radius 3 is 2.65 bits per heavy atom. The number of halogens is 2. The van der Waals surface area contributed by atoms with Crippen LogP contribution in [0.15, 0.2) is 54.6 Å². The molecule has 1 aliphatic heterocycles. The molecule has 0 aromatic heterocycles. The van der Waals surface area contributed by atoms with Gasteiger partial charge in [-0.2, -0.15) is 0 Å². The van der Waals surface area contributed by atoms with E-state index in [0.717, 1.165) is 10.5 Å². The summed E-state index contributed by atoms with van der Waals surface area (Å²) in [6.45, 7) is 3.76. The molecule has 2 aromatic rings. The molecule has 0 radical (unpaired) electrons. The number of carbonyl (C=O) groups excluding carboxylic acids is 3. The predicted octanol–water partition coefficient (Wildman–Crippen LogP) is 4.18. The molecule has 7 nitrogen and oxygen atoms in total. The van der Waals surface area contributed by atoms with Crippen LogP contribution in [0.4, 0.5) is 4.79 Å². The molecule has 0 unspecified atom stereocenters. The second-order valence-electron chi connectivity index (χ2n) is 6.44. The lowest BCUT2D eigenvalue weighted by Crippen LogP contribution is -2.54. The summed E-state index contributed by atoms with van der Waals surface area (Å²) in [6, 6.07) is 9.97. The number of nitrogens with one attached hydrogen (secondary N) is 1. The van der Waals surface area contributed by atoms with Crippen molar-refractivity contribution in [3.63, 3.8) is 0 Å². The van der Waals surface area contributed by atoms with E-state index in [4.69, 9.17) is 21.1 Å². The third kappa shape index (κ3) is 5.08. The van der Waals surface area contributed by atoms with Crippen molar-refractivity contribution in [2.45, 2.75) is 6.61 Å². The highest BCUT2D eigenvalue weighted by Crippen LogP contribution is 2.35. The Kier molecular flexibility index (Phi) is 7.34. The highest BCUT2D eigenvalue weighted by molar-refractivity contribution is 14.1. The maximum atomic E-state index is 12.6. The average Bonchev–Trinajstić information content (AvgIpc) is 2.74. The van der Waals surface area contributed by atoms with Crippen LogP contribution >= 0.6 is 34.2 Å². The number of hydrogen-bond acceptors (Lipinski definition) is 5. The Morgan fingerprint density at radius 1 is 1.23 bits per heavy atom. The van der Waals surface area contributed by atoms with E-state index in [1.165, 1.54) is 19.3 Å². The van der Waals surface area contributed by atoms with E-state index >= 15 is 0 Å². The number of benzene rings is 2. The molecule has 1 fully saturated rings. The van der Waals surface area contributed by atoms with Gasteiger partial charge in [-0.1, -0.05) is 35.9 Å². The lowest BCUT2D eigenvalue weighted by molar-refractivity contribution is -0.129. The van der Waals surface area contributed by atoms with Gasteiger partial charge < -0.3 is 9.47 Å². The molecular formula is C22H18ClIN2O5. The maximum absolute atomic E-state index is 12.6. The Morgan fingerprint density at radius 2 is 1.97 bits per heavy atom. The number of imide groups is 2. The van der Waals surface area contributed by atoms with Gasteiger partial charge in [-0.25, -0.2) is 4.79 Å². The first kappa shape index (κ1) is 22.8. The van der Waals surface area contributed by atoms with Crippen LogP contribution in [0, 0.1) is 3.57 Å². The number of methoxy groups -OCH3 is 1. The number of hydrogen-bond donors (Lipinski definition) is 1. The molecule has 4 amide bonds. The lowest BCUT2D eigenvalue weighted by atomic mass is 10.1. The number of amides is 4. The van der Waals surface area contributed by atoms with Gasteiger partial charge in [0.25, 0.3) is 11.8 Å². The topological polar surface area (TPSA) is 84.9 Å². The first-order chi connectivity index (χ1) is 14.8. The number of urea groups is 1. The standard InChI is InChI=1S/C22H18ClIN2O5/c1-3-8-26-21(28)15(20(27)25-22(26)29)9-13-10-17(24)19(18(11-13)30-2)31-12-14-6-4-5-7-16(14)23/h3-7,9-11H,1,8,12H2,2H3,(H,25,27,29)/b15-9-. The van der Waals surface area contributed by atoms with Crippen LogP contribution in [0.5, 0.6) is 11.5 Å². The van der Waals surface area contributed by atoms with E-state index in [1.54, 1.807) is 18.2 Å². The number of carbonyl (C=O) groups is 3. The number of barbiturate groups is 1. The van der Waals surface area contributed by atoms with Gasteiger partial charge in [-0.05, 0) is 52.4 Å². The smallest absolute Gasteiger partial charge is 0.331 e. The van der Waals surface area contributed by atoms with Crippen molar-refractivity contribution in [1.29, 1.82) is 0 Å². The van der Waals surface area contributed by atoms with Crippen LogP contribution in [0.3, 0.4) is 0 Å². The predicted molar refractivity (Wildman–Crippen MR) is 125 cm³/mol. The minimum absolute atomic E-state index is 0.00896. The summed E-state index contributed by atoms with van der Waals surface area (Å²) in [6.07, 6.45) is 2.81. The van der Waals surface area contributed by atoms with Gasteiger partial charge in [0.1, 0.15) is 12.2 Å². The maximum Gasteiger partial charge on any atom is 0.331 e. The molecule has 0 spiro atoms. The van der Waals surface area contributed by atoms with Crippen molar-refractivity contribution in [3.05, 3.63) is 74.3 Å². The van der Waals surface area contributed by atoms with Gasteiger partial charge in [-0.3, -0.25) is 19.8 Å². The van der Waals surface area contributed by atoms with E-state index in [0.29, 0.717) is 25.7 Å². The molecule has 1 saturated heterocycles. The van der Waals surface area contributed by atoms with E-state index in [-0.39, 0.29) is 18.7 Å². The molecule has 0 aliphatic carbocycles. The van der Waals surface area contributed by atoms with Gasteiger partial charge in [0.15, 0.2) is 11.5 Å². The van der Waals surface area contributed by atoms with Crippen LogP contribution in [0.1, 0.15) is 11.1 Å². The number of ether oxygens (including phenoxy) is 2. The summed E-state index contributed by atoms with van der Waals surface area (Å²) in [5.41, 5.74) is 1.20. The molecule has 3 rings (SSSR count). The Balaban J connectivity index is 1.91. The van der Waals surface area contributed by atoms with Gasteiger partial charge in [0, 0.05) is 17.1 Å². The first-order valence-electron chi connectivity index (χ1n) is 9.09. The second kappa shape index (κ2) is 9.97. The summed E-state index contributed by atoms with van der Waals surface area (Å²) in [5, 5.41) is 2.75. The largest absolute Gasteiger partial charge is 0.493 e. The summed E-state index contributed by atoms with van der Waals surface area (Å²) in [7, 11) is 1.49. The molecule has 1 N–H and O–H groups in total. The molecule has 31 heavy (non-hydrogen) atoms. The van der Waals surface area contributed by atoms with Crippen LogP contribution < -0.4 is 14.8 Å². The van der Waals surface area contributed by atoms with Crippen molar-refractivity contribution in [3.8, 4) is 11.5 Å². The molecular weight excluding hydrogens is 535 g/mol. The van der Waals surface area contributed by atoms with E-state index in [1.807, 2.05) is 18.2 Å².